The molecule has 80 valence electrons. The van der Waals surface area contributed by atoms with Gasteiger partial charge in [0.25, 0.3) is 0 Å². The zero-order valence-corrected chi connectivity index (χ0v) is 9.46. The van der Waals surface area contributed by atoms with Crippen LogP contribution >= 0.6 is 0 Å². The zero-order valence-electron chi connectivity index (χ0n) is 9.46. The molecule has 0 aliphatic heterocycles. The number of imidazole rings is 1. The third-order valence-corrected chi connectivity index (χ3v) is 2.23. The molecule has 4 heteroatoms. The summed E-state index contributed by atoms with van der Waals surface area (Å²) in [7, 11) is 2.02. The summed E-state index contributed by atoms with van der Waals surface area (Å²) < 4.78 is 0. The van der Waals surface area contributed by atoms with Gasteiger partial charge in [-0.2, -0.15) is 0 Å². The lowest BCUT2D eigenvalue weighted by Crippen LogP contribution is -2.21. The zero-order chi connectivity index (χ0) is 10.7. The van der Waals surface area contributed by atoms with Crippen molar-refractivity contribution in [1.82, 2.24) is 9.97 Å². The second-order valence-corrected chi connectivity index (χ2v) is 4.16. The molecule has 3 N–H and O–H groups in total. The maximum absolute atomic E-state index is 5.79. The summed E-state index contributed by atoms with van der Waals surface area (Å²) in [6.45, 7) is 7.34. The molecule has 0 saturated heterocycles. The van der Waals surface area contributed by atoms with Crippen LogP contribution in [-0.4, -0.2) is 23.6 Å². The fourth-order valence-electron chi connectivity index (χ4n) is 1.35. The molecule has 0 spiro atoms. The van der Waals surface area contributed by atoms with Gasteiger partial charge in [-0.3, -0.25) is 0 Å². The summed E-state index contributed by atoms with van der Waals surface area (Å²) in [6.07, 6.45) is 1.15. The highest BCUT2D eigenvalue weighted by Crippen LogP contribution is 2.18. The van der Waals surface area contributed by atoms with Gasteiger partial charge in [0.05, 0.1) is 0 Å². The molecular weight excluding hydrogens is 176 g/mol. The summed E-state index contributed by atoms with van der Waals surface area (Å²) in [5, 5.41) is 0. The van der Waals surface area contributed by atoms with E-state index >= 15 is 0 Å². The number of rotatable bonds is 4. The van der Waals surface area contributed by atoms with Crippen LogP contribution in [0.5, 0.6) is 0 Å². The Hall–Kier alpha value is -1.19. The molecule has 4 nitrogen and oxygen atoms in total. The summed E-state index contributed by atoms with van der Waals surface area (Å²) in [5.74, 6) is 3.10. The highest BCUT2D eigenvalue weighted by Gasteiger charge is 2.09. The van der Waals surface area contributed by atoms with Crippen molar-refractivity contribution in [3.05, 3.63) is 5.82 Å². The number of aromatic amines is 1. The van der Waals surface area contributed by atoms with E-state index in [2.05, 4.69) is 28.7 Å². The van der Waals surface area contributed by atoms with Crippen LogP contribution in [0.1, 0.15) is 26.1 Å². The number of aromatic nitrogens is 2. The van der Waals surface area contributed by atoms with Gasteiger partial charge in [0.2, 0.25) is 0 Å². The first-order chi connectivity index (χ1) is 6.50. The number of nitrogens with zero attached hydrogens (tertiary/aromatic N) is 2. The normalized spacial score (nSPS) is 10.9. The molecule has 0 aromatic carbocycles. The summed E-state index contributed by atoms with van der Waals surface area (Å²) in [6, 6.07) is 0. The van der Waals surface area contributed by atoms with Crippen molar-refractivity contribution >= 4 is 11.6 Å². The number of nitrogens with two attached hydrogens (primary N) is 1. The minimum absolute atomic E-state index is 0.661. The first-order valence-corrected chi connectivity index (χ1v) is 5.04. The lowest BCUT2D eigenvalue weighted by molar-refractivity contribution is 0.584. The summed E-state index contributed by atoms with van der Waals surface area (Å²) in [5.41, 5.74) is 5.79. The van der Waals surface area contributed by atoms with Gasteiger partial charge in [-0.05, 0) is 19.3 Å². The lowest BCUT2D eigenvalue weighted by Gasteiger charge is -2.17. The monoisotopic (exact) mass is 196 g/mol. The van der Waals surface area contributed by atoms with Gasteiger partial charge in [0.1, 0.15) is 11.6 Å². The molecule has 1 aromatic rings. The van der Waals surface area contributed by atoms with E-state index in [-0.39, 0.29) is 0 Å². The number of hydrogen-bond acceptors (Lipinski definition) is 3. The molecular formula is C10H20N4. The molecule has 1 heterocycles. The van der Waals surface area contributed by atoms with Gasteiger partial charge < -0.3 is 15.6 Å². The van der Waals surface area contributed by atoms with Crippen molar-refractivity contribution < 1.29 is 0 Å². The summed E-state index contributed by atoms with van der Waals surface area (Å²) >= 11 is 0. The molecule has 0 atom stereocenters. The maximum atomic E-state index is 5.79. The first kappa shape index (κ1) is 10.9. The molecule has 0 aliphatic rings. The summed E-state index contributed by atoms with van der Waals surface area (Å²) in [4.78, 5) is 9.43. The van der Waals surface area contributed by atoms with Crippen LogP contribution in [-0.2, 0) is 0 Å². The topological polar surface area (TPSA) is 57.9 Å². The van der Waals surface area contributed by atoms with Crippen LogP contribution in [0, 0.1) is 12.8 Å². The molecule has 0 radical (unpaired) electrons. The molecule has 0 unspecified atom stereocenters. The SMILES string of the molecule is Cc1nc(N(C)CCC(C)C)c(N)[nH]1. The molecule has 0 fully saturated rings. The minimum Gasteiger partial charge on any atom is -0.382 e. The van der Waals surface area contributed by atoms with E-state index in [4.69, 9.17) is 5.73 Å². The van der Waals surface area contributed by atoms with Crippen molar-refractivity contribution in [2.45, 2.75) is 27.2 Å². The number of nitrogen functional groups attached to an aromatic ring is 1. The molecule has 0 bridgehead atoms. The fourth-order valence-corrected chi connectivity index (χ4v) is 1.35. The minimum atomic E-state index is 0.661. The molecule has 14 heavy (non-hydrogen) atoms. The van der Waals surface area contributed by atoms with E-state index < -0.39 is 0 Å². The van der Waals surface area contributed by atoms with Crippen molar-refractivity contribution in [2.75, 3.05) is 24.2 Å². The van der Waals surface area contributed by atoms with E-state index in [9.17, 15) is 0 Å². The van der Waals surface area contributed by atoms with Crippen molar-refractivity contribution in [3.8, 4) is 0 Å². The highest BCUT2D eigenvalue weighted by molar-refractivity contribution is 5.58. The van der Waals surface area contributed by atoms with Crippen molar-refractivity contribution in [3.63, 3.8) is 0 Å². The maximum Gasteiger partial charge on any atom is 0.171 e. The Kier molecular flexibility index (Phi) is 3.38. The van der Waals surface area contributed by atoms with E-state index in [0.29, 0.717) is 11.7 Å². The lowest BCUT2D eigenvalue weighted by atomic mass is 10.1. The number of anilines is 2. The van der Waals surface area contributed by atoms with Gasteiger partial charge in [0.15, 0.2) is 5.82 Å². The number of nitrogens with one attached hydrogen (secondary N) is 1. The Morgan fingerprint density at radius 3 is 2.57 bits per heavy atom. The van der Waals surface area contributed by atoms with Gasteiger partial charge in [0, 0.05) is 13.6 Å². The molecule has 0 aliphatic carbocycles. The molecule has 0 saturated carbocycles. The predicted molar refractivity (Wildman–Crippen MR) is 60.5 cm³/mol. The van der Waals surface area contributed by atoms with E-state index in [0.717, 1.165) is 24.6 Å². The van der Waals surface area contributed by atoms with Gasteiger partial charge in [-0.15, -0.1) is 0 Å². The third kappa shape index (κ3) is 2.65. The highest BCUT2D eigenvalue weighted by atomic mass is 15.2. The molecule has 0 amide bonds. The first-order valence-electron chi connectivity index (χ1n) is 5.04. The quantitative estimate of drug-likeness (QED) is 0.771. The Balaban J connectivity index is 2.60. The van der Waals surface area contributed by atoms with E-state index in [1.807, 2.05) is 14.0 Å². The van der Waals surface area contributed by atoms with Crippen LogP contribution in [0.2, 0.25) is 0 Å². The van der Waals surface area contributed by atoms with Crippen molar-refractivity contribution in [2.24, 2.45) is 5.92 Å². The number of H-pyrrole nitrogens is 1. The average Bonchev–Trinajstić information content (AvgIpc) is 2.41. The number of hydrogen-bond donors (Lipinski definition) is 2. The van der Waals surface area contributed by atoms with Crippen LogP contribution in [0.3, 0.4) is 0 Å². The van der Waals surface area contributed by atoms with E-state index in [1.54, 1.807) is 0 Å². The van der Waals surface area contributed by atoms with Gasteiger partial charge >= 0.3 is 0 Å². The fraction of sp³-hybridized carbons (Fsp3) is 0.700. The van der Waals surface area contributed by atoms with Crippen LogP contribution < -0.4 is 10.6 Å². The van der Waals surface area contributed by atoms with Crippen LogP contribution in [0.25, 0.3) is 0 Å². The molecule has 1 aromatic heterocycles. The number of aryl methyl sites for hydroxylation is 1. The molecule has 1 rings (SSSR count). The largest absolute Gasteiger partial charge is 0.382 e. The Labute approximate surface area is 85.5 Å². The van der Waals surface area contributed by atoms with E-state index in [1.165, 1.54) is 0 Å². The van der Waals surface area contributed by atoms with Gasteiger partial charge in [-0.1, -0.05) is 13.8 Å². The van der Waals surface area contributed by atoms with Gasteiger partial charge in [-0.25, -0.2) is 4.98 Å². The smallest absolute Gasteiger partial charge is 0.171 e. The Morgan fingerprint density at radius 1 is 1.50 bits per heavy atom. The standard InChI is InChI=1S/C10H20N4/c1-7(2)5-6-14(4)10-9(11)12-8(3)13-10/h7H,5-6,11H2,1-4H3,(H,12,13). The Morgan fingerprint density at radius 2 is 2.14 bits per heavy atom. The second-order valence-electron chi connectivity index (χ2n) is 4.16. The third-order valence-electron chi connectivity index (χ3n) is 2.23. The van der Waals surface area contributed by atoms with Crippen molar-refractivity contribution in [1.29, 1.82) is 0 Å². The predicted octanol–water partition coefficient (Wildman–Crippen LogP) is 1.78. The second kappa shape index (κ2) is 4.35. The van der Waals surface area contributed by atoms with Crippen LogP contribution in [0.15, 0.2) is 0 Å². The van der Waals surface area contributed by atoms with Crippen LogP contribution in [0.4, 0.5) is 11.6 Å². The average molecular weight is 196 g/mol. The Bertz CT molecular complexity index is 290.